The maximum Gasteiger partial charge on any atom is 0.223 e. The molecule has 0 saturated carbocycles. The van der Waals surface area contributed by atoms with Crippen LogP contribution in [0.1, 0.15) is 35.6 Å². The number of aryl methyl sites for hydroxylation is 2. The average Bonchev–Trinajstić information content (AvgIpc) is 2.84. The molecule has 1 amide bonds. The number of carbonyl (C=O) groups excluding carboxylic acids is 1. The van der Waals surface area contributed by atoms with Gasteiger partial charge in [-0.1, -0.05) is 30.3 Å². The quantitative estimate of drug-likeness (QED) is 0.857. The molecule has 0 spiro atoms. The van der Waals surface area contributed by atoms with E-state index in [-0.39, 0.29) is 23.9 Å². The van der Waals surface area contributed by atoms with Gasteiger partial charge in [-0.2, -0.15) is 0 Å². The Hall–Kier alpha value is -2.21. The smallest absolute Gasteiger partial charge is 0.223 e. The SMILES string of the molecule is Cc1noc(C)c1CC(C)C(=O)NCC(O)c1ccccc1F. The Morgan fingerprint density at radius 3 is 2.70 bits per heavy atom. The van der Waals surface area contributed by atoms with Gasteiger partial charge in [0.2, 0.25) is 5.91 Å². The van der Waals surface area contributed by atoms with Gasteiger partial charge in [0.1, 0.15) is 11.6 Å². The van der Waals surface area contributed by atoms with Crippen LogP contribution in [-0.2, 0) is 11.2 Å². The fourth-order valence-corrected chi connectivity index (χ4v) is 2.42. The molecule has 2 N–H and O–H groups in total. The minimum atomic E-state index is -1.08. The Balaban J connectivity index is 1.90. The second-order valence-corrected chi connectivity index (χ2v) is 5.69. The van der Waals surface area contributed by atoms with E-state index in [0.29, 0.717) is 12.2 Å². The van der Waals surface area contributed by atoms with Crippen molar-refractivity contribution in [3.63, 3.8) is 0 Å². The van der Waals surface area contributed by atoms with E-state index in [2.05, 4.69) is 10.5 Å². The van der Waals surface area contributed by atoms with Gasteiger partial charge in [0.05, 0.1) is 11.8 Å². The number of halogens is 1. The van der Waals surface area contributed by atoms with Crippen LogP contribution in [-0.4, -0.2) is 22.7 Å². The molecule has 0 fully saturated rings. The molecule has 1 aromatic heterocycles. The first-order chi connectivity index (χ1) is 10.9. The van der Waals surface area contributed by atoms with E-state index < -0.39 is 11.9 Å². The fourth-order valence-electron chi connectivity index (χ4n) is 2.42. The zero-order chi connectivity index (χ0) is 17.0. The molecular formula is C17H21FN2O3. The topological polar surface area (TPSA) is 75.4 Å². The van der Waals surface area contributed by atoms with Gasteiger partial charge in [-0.25, -0.2) is 4.39 Å². The molecule has 0 aliphatic carbocycles. The lowest BCUT2D eigenvalue weighted by Gasteiger charge is -2.16. The van der Waals surface area contributed by atoms with Crippen LogP contribution in [0, 0.1) is 25.6 Å². The van der Waals surface area contributed by atoms with Crippen molar-refractivity contribution in [2.45, 2.75) is 33.3 Å². The molecular weight excluding hydrogens is 299 g/mol. The van der Waals surface area contributed by atoms with Gasteiger partial charge in [-0.3, -0.25) is 4.79 Å². The molecule has 2 atom stereocenters. The van der Waals surface area contributed by atoms with Gasteiger partial charge in [0, 0.05) is 23.6 Å². The summed E-state index contributed by atoms with van der Waals surface area (Å²) in [5.41, 5.74) is 1.86. The first kappa shape index (κ1) is 17.1. The van der Waals surface area contributed by atoms with Crippen LogP contribution < -0.4 is 5.32 Å². The summed E-state index contributed by atoms with van der Waals surface area (Å²) >= 11 is 0. The summed E-state index contributed by atoms with van der Waals surface area (Å²) < 4.78 is 18.7. The van der Waals surface area contributed by atoms with Crippen molar-refractivity contribution in [2.24, 2.45) is 5.92 Å². The molecule has 2 rings (SSSR count). The molecule has 0 bridgehead atoms. The lowest BCUT2D eigenvalue weighted by Crippen LogP contribution is -2.33. The molecule has 6 heteroatoms. The lowest BCUT2D eigenvalue weighted by molar-refractivity contribution is -0.124. The molecule has 124 valence electrons. The number of aliphatic hydroxyl groups excluding tert-OH is 1. The van der Waals surface area contributed by atoms with E-state index >= 15 is 0 Å². The first-order valence-corrected chi connectivity index (χ1v) is 7.52. The van der Waals surface area contributed by atoms with Crippen LogP contribution in [0.3, 0.4) is 0 Å². The number of hydrogen-bond donors (Lipinski definition) is 2. The van der Waals surface area contributed by atoms with Crippen molar-refractivity contribution in [3.05, 3.63) is 52.7 Å². The average molecular weight is 320 g/mol. The molecule has 23 heavy (non-hydrogen) atoms. The van der Waals surface area contributed by atoms with Crippen LogP contribution in [0.15, 0.2) is 28.8 Å². The summed E-state index contributed by atoms with van der Waals surface area (Å²) in [4.78, 5) is 12.1. The van der Waals surface area contributed by atoms with Crippen LogP contribution in [0.5, 0.6) is 0 Å². The van der Waals surface area contributed by atoms with Crippen LogP contribution in [0.25, 0.3) is 0 Å². The minimum absolute atomic E-state index is 0.0360. The third-order valence-electron chi connectivity index (χ3n) is 3.87. The summed E-state index contributed by atoms with van der Waals surface area (Å²) in [7, 11) is 0. The number of carbonyl (C=O) groups is 1. The van der Waals surface area contributed by atoms with E-state index in [1.54, 1.807) is 19.1 Å². The third kappa shape index (κ3) is 4.16. The van der Waals surface area contributed by atoms with Crippen molar-refractivity contribution >= 4 is 5.91 Å². The van der Waals surface area contributed by atoms with E-state index in [1.807, 2.05) is 13.8 Å². The highest BCUT2D eigenvalue weighted by molar-refractivity contribution is 5.78. The number of aromatic nitrogens is 1. The van der Waals surface area contributed by atoms with Gasteiger partial charge in [0.15, 0.2) is 0 Å². The van der Waals surface area contributed by atoms with Crippen LogP contribution in [0.2, 0.25) is 0 Å². The molecule has 1 heterocycles. The molecule has 5 nitrogen and oxygen atoms in total. The summed E-state index contributed by atoms with van der Waals surface area (Å²) in [6.45, 7) is 5.39. The largest absolute Gasteiger partial charge is 0.386 e. The number of nitrogens with zero attached hydrogens (tertiary/aromatic N) is 1. The summed E-state index contributed by atoms with van der Waals surface area (Å²) in [5, 5.41) is 16.5. The Morgan fingerprint density at radius 1 is 1.39 bits per heavy atom. The molecule has 0 saturated heterocycles. The van der Waals surface area contributed by atoms with Crippen molar-refractivity contribution in [1.29, 1.82) is 0 Å². The maximum absolute atomic E-state index is 13.6. The predicted molar refractivity (Wildman–Crippen MR) is 83.2 cm³/mol. The van der Waals surface area contributed by atoms with Gasteiger partial charge in [-0.15, -0.1) is 0 Å². The zero-order valence-electron chi connectivity index (χ0n) is 13.5. The van der Waals surface area contributed by atoms with E-state index in [9.17, 15) is 14.3 Å². The van der Waals surface area contributed by atoms with Crippen molar-refractivity contribution in [1.82, 2.24) is 10.5 Å². The van der Waals surface area contributed by atoms with E-state index in [4.69, 9.17) is 4.52 Å². The number of amides is 1. The molecule has 2 unspecified atom stereocenters. The number of nitrogens with one attached hydrogen (secondary N) is 1. The second-order valence-electron chi connectivity index (χ2n) is 5.69. The van der Waals surface area contributed by atoms with Crippen LogP contribution in [0.4, 0.5) is 4.39 Å². The normalized spacial score (nSPS) is 13.6. The highest BCUT2D eigenvalue weighted by Crippen LogP contribution is 2.18. The van der Waals surface area contributed by atoms with E-state index in [1.165, 1.54) is 12.1 Å². The monoisotopic (exact) mass is 320 g/mol. The van der Waals surface area contributed by atoms with Gasteiger partial charge < -0.3 is 14.9 Å². The Morgan fingerprint density at radius 2 is 2.09 bits per heavy atom. The van der Waals surface area contributed by atoms with Crippen LogP contribution >= 0.6 is 0 Å². The summed E-state index contributed by atoms with van der Waals surface area (Å²) in [6, 6.07) is 5.97. The van der Waals surface area contributed by atoms with Gasteiger partial charge in [-0.05, 0) is 26.3 Å². The molecule has 1 aromatic carbocycles. The van der Waals surface area contributed by atoms with Crippen molar-refractivity contribution in [3.8, 4) is 0 Å². The van der Waals surface area contributed by atoms with E-state index in [0.717, 1.165) is 11.3 Å². The Labute approximate surface area is 134 Å². The highest BCUT2D eigenvalue weighted by Gasteiger charge is 2.20. The standard InChI is InChI=1S/C17H21FN2O3/c1-10(8-14-11(2)20-23-12(14)3)17(22)19-9-16(21)13-6-4-5-7-15(13)18/h4-7,10,16,21H,8-9H2,1-3H3,(H,19,22). The predicted octanol–water partition coefficient (Wildman–Crippen LogP) is 2.46. The lowest BCUT2D eigenvalue weighted by atomic mass is 9.99. The molecule has 0 aliphatic rings. The zero-order valence-corrected chi connectivity index (χ0v) is 13.5. The number of benzene rings is 1. The molecule has 2 aromatic rings. The number of aliphatic hydroxyl groups is 1. The summed E-state index contributed by atoms with van der Waals surface area (Å²) in [6.07, 6.45) is -0.575. The summed E-state index contributed by atoms with van der Waals surface area (Å²) in [5.74, 6) is -0.299. The van der Waals surface area contributed by atoms with Gasteiger partial charge >= 0.3 is 0 Å². The van der Waals surface area contributed by atoms with Crippen molar-refractivity contribution < 1.29 is 18.8 Å². The minimum Gasteiger partial charge on any atom is -0.386 e. The van der Waals surface area contributed by atoms with Gasteiger partial charge in [0.25, 0.3) is 0 Å². The Kier molecular flexibility index (Phi) is 5.50. The number of rotatable bonds is 6. The molecule has 0 radical (unpaired) electrons. The first-order valence-electron chi connectivity index (χ1n) is 7.52. The molecule has 0 aliphatic heterocycles. The maximum atomic E-state index is 13.6. The highest BCUT2D eigenvalue weighted by atomic mass is 19.1. The Bertz CT molecular complexity index is 665. The fraction of sp³-hybridized carbons (Fsp3) is 0.412. The number of hydrogen-bond acceptors (Lipinski definition) is 4. The van der Waals surface area contributed by atoms with Crippen molar-refractivity contribution in [2.75, 3.05) is 6.54 Å². The third-order valence-corrected chi connectivity index (χ3v) is 3.87. The second kappa shape index (κ2) is 7.37.